The molecule has 1 heterocycles. The lowest BCUT2D eigenvalue weighted by Crippen LogP contribution is -2.01. The highest BCUT2D eigenvalue weighted by molar-refractivity contribution is 7.90. The van der Waals surface area contributed by atoms with Crippen molar-refractivity contribution in [1.29, 1.82) is 0 Å². The van der Waals surface area contributed by atoms with Gasteiger partial charge < -0.3 is 0 Å². The summed E-state index contributed by atoms with van der Waals surface area (Å²) in [5.74, 6) is 0.819. The molecule has 0 aliphatic carbocycles. The van der Waals surface area contributed by atoms with Crippen molar-refractivity contribution in [3.05, 3.63) is 84.8 Å². The summed E-state index contributed by atoms with van der Waals surface area (Å²) in [5.41, 5.74) is 3.78. The number of aromatic nitrogens is 2. The third kappa shape index (κ3) is 4.26. The molecule has 0 saturated carbocycles. The molecule has 0 amide bonds. The van der Waals surface area contributed by atoms with Crippen LogP contribution in [0.15, 0.2) is 83.9 Å². The summed E-state index contributed by atoms with van der Waals surface area (Å²) in [6.45, 7) is 3.98. The van der Waals surface area contributed by atoms with Crippen LogP contribution < -0.4 is 0 Å². The number of allylic oxidation sites excluding steroid dienone is 4. The predicted octanol–water partition coefficient (Wildman–Crippen LogP) is 4.92. The SMILES string of the molecule is C/C=C\C=C(/C)c1nc(-c2ccccc2)cn1-c1ccc(S(C)(=O)=O)cc1. The van der Waals surface area contributed by atoms with Crippen molar-refractivity contribution in [1.82, 2.24) is 9.55 Å². The Balaban J connectivity index is 2.14. The monoisotopic (exact) mass is 378 g/mol. The number of hydrogen-bond donors (Lipinski definition) is 0. The van der Waals surface area contributed by atoms with E-state index >= 15 is 0 Å². The van der Waals surface area contributed by atoms with E-state index in [4.69, 9.17) is 4.98 Å². The largest absolute Gasteiger partial charge is 0.299 e. The Morgan fingerprint density at radius 3 is 2.30 bits per heavy atom. The van der Waals surface area contributed by atoms with E-state index in [9.17, 15) is 8.42 Å². The van der Waals surface area contributed by atoms with Gasteiger partial charge in [-0.1, -0.05) is 48.6 Å². The van der Waals surface area contributed by atoms with Crippen LogP contribution in [-0.4, -0.2) is 24.2 Å². The van der Waals surface area contributed by atoms with E-state index < -0.39 is 9.84 Å². The molecule has 3 rings (SSSR count). The number of sulfone groups is 1. The lowest BCUT2D eigenvalue weighted by molar-refractivity contribution is 0.602. The fourth-order valence-corrected chi connectivity index (χ4v) is 3.40. The molecular formula is C22H22N2O2S. The zero-order valence-electron chi connectivity index (χ0n) is 15.6. The molecule has 0 aliphatic rings. The van der Waals surface area contributed by atoms with Crippen molar-refractivity contribution in [3.63, 3.8) is 0 Å². The van der Waals surface area contributed by atoms with Gasteiger partial charge in [-0.05, 0) is 43.7 Å². The molecule has 138 valence electrons. The molecule has 1 aromatic heterocycles. The van der Waals surface area contributed by atoms with E-state index in [0.29, 0.717) is 4.90 Å². The van der Waals surface area contributed by atoms with Crippen LogP contribution in [-0.2, 0) is 9.84 Å². The normalized spacial score (nSPS) is 12.6. The molecule has 0 radical (unpaired) electrons. The smallest absolute Gasteiger partial charge is 0.175 e. The molecule has 5 heteroatoms. The Morgan fingerprint density at radius 2 is 1.70 bits per heavy atom. The number of rotatable bonds is 5. The Hall–Kier alpha value is -2.92. The summed E-state index contributed by atoms with van der Waals surface area (Å²) in [7, 11) is -3.22. The molecule has 27 heavy (non-hydrogen) atoms. The van der Waals surface area contributed by atoms with Crippen LogP contribution in [0, 0.1) is 0 Å². The fraction of sp³-hybridized carbons (Fsp3) is 0.136. The van der Waals surface area contributed by atoms with Crippen LogP contribution in [0.5, 0.6) is 0 Å². The predicted molar refractivity (Wildman–Crippen MR) is 111 cm³/mol. The van der Waals surface area contributed by atoms with Gasteiger partial charge in [0.1, 0.15) is 5.82 Å². The van der Waals surface area contributed by atoms with E-state index in [2.05, 4.69) is 0 Å². The highest BCUT2D eigenvalue weighted by atomic mass is 32.2. The first-order valence-corrected chi connectivity index (χ1v) is 10.5. The van der Waals surface area contributed by atoms with Gasteiger partial charge in [-0.15, -0.1) is 0 Å². The second kappa shape index (κ2) is 7.76. The number of nitrogens with zero attached hydrogens (tertiary/aromatic N) is 2. The van der Waals surface area contributed by atoms with Crippen LogP contribution in [0.3, 0.4) is 0 Å². The van der Waals surface area contributed by atoms with E-state index in [0.717, 1.165) is 28.3 Å². The topological polar surface area (TPSA) is 52.0 Å². The Labute approximate surface area is 160 Å². The molecule has 0 spiro atoms. The maximum Gasteiger partial charge on any atom is 0.175 e. The van der Waals surface area contributed by atoms with Crippen LogP contribution in [0.25, 0.3) is 22.5 Å². The van der Waals surface area contributed by atoms with Crippen molar-refractivity contribution in [2.75, 3.05) is 6.26 Å². The average Bonchev–Trinajstić information content (AvgIpc) is 3.12. The molecule has 0 saturated heterocycles. The Kier molecular flexibility index (Phi) is 5.42. The standard InChI is InChI=1S/C22H22N2O2S/c1-4-5-9-17(2)22-23-21(18-10-7-6-8-11-18)16-24(22)19-12-14-20(15-13-19)27(3,25)26/h4-16H,1-3H3/b5-4-,17-9+. The van der Waals surface area contributed by atoms with E-state index in [-0.39, 0.29) is 0 Å². The van der Waals surface area contributed by atoms with E-state index in [1.807, 2.05) is 73.2 Å². The maximum atomic E-state index is 11.7. The first-order valence-electron chi connectivity index (χ1n) is 8.65. The average molecular weight is 378 g/mol. The van der Waals surface area contributed by atoms with E-state index in [1.165, 1.54) is 6.26 Å². The van der Waals surface area contributed by atoms with Gasteiger partial charge in [-0.3, -0.25) is 4.57 Å². The first kappa shape index (κ1) is 18.9. The second-order valence-electron chi connectivity index (χ2n) is 6.33. The van der Waals surface area contributed by atoms with Crippen molar-refractivity contribution in [2.24, 2.45) is 0 Å². The fourth-order valence-electron chi connectivity index (χ4n) is 2.77. The summed E-state index contributed by atoms with van der Waals surface area (Å²) in [5, 5.41) is 0. The minimum absolute atomic E-state index is 0.303. The van der Waals surface area contributed by atoms with Gasteiger partial charge in [-0.25, -0.2) is 13.4 Å². The minimum atomic E-state index is -3.22. The van der Waals surface area contributed by atoms with E-state index in [1.54, 1.807) is 24.3 Å². The van der Waals surface area contributed by atoms with Gasteiger partial charge in [0.05, 0.1) is 10.6 Å². The van der Waals surface area contributed by atoms with Gasteiger partial charge in [-0.2, -0.15) is 0 Å². The third-order valence-electron chi connectivity index (χ3n) is 4.21. The number of benzene rings is 2. The second-order valence-corrected chi connectivity index (χ2v) is 8.34. The molecule has 0 aliphatic heterocycles. The van der Waals surface area contributed by atoms with Crippen LogP contribution in [0.4, 0.5) is 0 Å². The molecular weight excluding hydrogens is 356 g/mol. The summed E-state index contributed by atoms with van der Waals surface area (Å²) in [6.07, 6.45) is 9.15. The first-order chi connectivity index (χ1) is 12.9. The lowest BCUT2D eigenvalue weighted by Gasteiger charge is -2.08. The number of hydrogen-bond acceptors (Lipinski definition) is 3. The molecule has 2 aromatic carbocycles. The zero-order chi connectivity index (χ0) is 19.4. The Bertz CT molecular complexity index is 1090. The minimum Gasteiger partial charge on any atom is -0.299 e. The van der Waals surface area contributed by atoms with Crippen molar-refractivity contribution < 1.29 is 8.42 Å². The molecule has 0 unspecified atom stereocenters. The molecule has 0 fully saturated rings. The van der Waals surface area contributed by atoms with Crippen molar-refractivity contribution >= 4 is 15.4 Å². The third-order valence-corrected chi connectivity index (χ3v) is 5.34. The molecule has 0 atom stereocenters. The number of imidazole rings is 1. The van der Waals surface area contributed by atoms with Gasteiger partial charge >= 0.3 is 0 Å². The van der Waals surface area contributed by atoms with Crippen LogP contribution >= 0.6 is 0 Å². The molecule has 0 N–H and O–H groups in total. The van der Waals surface area contributed by atoms with Crippen LogP contribution in [0.2, 0.25) is 0 Å². The summed E-state index contributed by atoms with van der Waals surface area (Å²) in [4.78, 5) is 5.13. The van der Waals surface area contributed by atoms with Gasteiger partial charge in [0.2, 0.25) is 0 Å². The van der Waals surface area contributed by atoms with Gasteiger partial charge in [0, 0.05) is 23.7 Å². The molecule has 0 bridgehead atoms. The zero-order valence-corrected chi connectivity index (χ0v) is 16.4. The van der Waals surface area contributed by atoms with Gasteiger partial charge in [0.25, 0.3) is 0 Å². The summed E-state index contributed by atoms with van der Waals surface area (Å²) >= 11 is 0. The maximum absolute atomic E-state index is 11.7. The van der Waals surface area contributed by atoms with Crippen molar-refractivity contribution in [3.8, 4) is 16.9 Å². The molecule has 3 aromatic rings. The lowest BCUT2D eigenvalue weighted by atomic mass is 10.2. The van der Waals surface area contributed by atoms with Crippen molar-refractivity contribution in [2.45, 2.75) is 18.7 Å². The highest BCUT2D eigenvalue weighted by Gasteiger charge is 2.13. The molecule has 4 nitrogen and oxygen atoms in total. The quantitative estimate of drug-likeness (QED) is 0.592. The summed E-state index contributed by atoms with van der Waals surface area (Å²) in [6, 6.07) is 16.8. The summed E-state index contributed by atoms with van der Waals surface area (Å²) < 4.78 is 25.4. The van der Waals surface area contributed by atoms with Gasteiger partial charge in [0.15, 0.2) is 9.84 Å². The highest BCUT2D eigenvalue weighted by Crippen LogP contribution is 2.26. The van der Waals surface area contributed by atoms with Crippen LogP contribution in [0.1, 0.15) is 19.7 Å². The Morgan fingerprint density at radius 1 is 1.04 bits per heavy atom.